The highest BCUT2D eigenvalue weighted by molar-refractivity contribution is 6.35. The third kappa shape index (κ3) is 4.07. The van der Waals surface area contributed by atoms with E-state index in [9.17, 15) is 0 Å². The molecule has 29 heavy (non-hydrogen) atoms. The fourth-order valence-electron chi connectivity index (χ4n) is 3.51. The number of ether oxygens (including phenoxy) is 2. The van der Waals surface area contributed by atoms with Crippen LogP contribution in [0, 0.1) is 5.92 Å². The molecule has 0 unspecified atom stereocenters. The van der Waals surface area contributed by atoms with Gasteiger partial charge in [-0.1, -0.05) is 55.8 Å². The molecule has 6 heteroatoms. The number of methoxy groups -OCH3 is 1. The topological polar surface area (TPSA) is 49.2 Å². The van der Waals surface area contributed by atoms with Gasteiger partial charge in [0.25, 0.3) is 0 Å². The molecule has 5 nitrogen and oxygen atoms in total. The maximum absolute atomic E-state index is 6.48. The number of hydrogen-bond donors (Lipinski definition) is 0. The fourth-order valence-corrected chi connectivity index (χ4v) is 3.73. The number of hydrogen-bond acceptors (Lipinski definition) is 4. The Morgan fingerprint density at radius 2 is 1.83 bits per heavy atom. The molecular weight excluding hydrogens is 386 g/mol. The molecule has 0 saturated carbocycles. The van der Waals surface area contributed by atoms with Crippen molar-refractivity contribution in [1.29, 1.82) is 0 Å². The van der Waals surface area contributed by atoms with E-state index < -0.39 is 0 Å². The van der Waals surface area contributed by atoms with Crippen molar-refractivity contribution in [2.75, 3.05) is 7.11 Å². The first kappa shape index (κ1) is 19.7. The first-order valence-corrected chi connectivity index (χ1v) is 10.1. The van der Waals surface area contributed by atoms with E-state index in [2.05, 4.69) is 35.5 Å². The summed E-state index contributed by atoms with van der Waals surface area (Å²) in [5, 5.41) is 1.38. The van der Waals surface area contributed by atoms with Crippen molar-refractivity contribution < 1.29 is 9.47 Å². The predicted molar refractivity (Wildman–Crippen MR) is 116 cm³/mol. The van der Waals surface area contributed by atoms with Crippen molar-refractivity contribution in [3.63, 3.8) is 0 Å². The van der Waals surface area contributed by atoms with Gasteiger partial charge in [0.15, 0.2) is 5.15 Å². The Labute approximate surface area is 175 Å². The highest BCUT2D eigenvalue weighted by Crippen LogP contribution is 2.33. The summed E-state index contributed by atoms with van der Waals surface area (Å²) < 4.78 is 13.6. The van der Waals surface area contributed by atoms with E-state index in [1.165, 1.54) is 0 Å². The SMILES string of the molecule is COCc1nc2c(Cl)nc3ccc(OCc4ccccc4)cc3c2n1CC(C)C. The van der Waals surface area contributed by atoms with Crippen LogP contribution >= 0.6 is 11.6 Å². The summed E-state index contributed by atoms with van der Waals surface area (Å²) in [6.45, 7) is 6.11. The number of benzene rings is 2. The minimum atomic E-state index is 0.408. The molecule has 0 atom stereocenters. The number of halogens is 1. The second-order valence-electron chi connectivity index (χ2n) is 7.52. The Balaban J connectivity index is 1.82. The minimum absolute atomic E-state index is 0.408. The molecule has 0 bridgehead atoms. The van der Waals surface area contributed by atoms with Gasteiger partial charge >= 0.3 is 0 Å². The van der Waals surface area contributed by atoms with Gasteiger partial charge in [0, 0.05) is 19.0 Å². The number of imidazole rings is 1. The number of pyridine rings is 1. The van der Waals surface area contributed by atoms with Crippen LogP contribution in [0.5, 0.6) is 5.75 Å². The zero-order valence-electron chi connectivity index (χ0n) is 16.9. The third-order valence-electron chi connectivity index (χ3n) is 4.75. The monoisotopic (exact) mass is 409 g/mol. The van der Waals surface area contributed by atoms with Crippen LogP contribution in [0.25, 0.3) is 21.9 Å². The van der Waals surface area contributed by atoms with Gasteiger partial charge in [-0.3, -0.25) is 0 Å². The first-order chi connectivity index (χ1) is 14.1. The third-order valence-corrected chi connectivity index (χ3v) is 5.02. The smallest absolute Gasteiger partial charge is 0.157 e. The largest absolute Gasteiger partial charge is 0.489 e. The van der Waals surface area contributed by atoms with Crippen molar-refractivity contribution in [2.24, 2.45) is 5.92 Å². The minimum Gasteiger partial charge on any atom is -0.489 e. The quantitative estimate of drug-likeness (QED) is 0.372. The Morgan fingerprint density at radius 1 is 1.03 bits per heavy atom. The molecule has 0 aliphatic heterocycles. The molecule has 4 aromatic rings. The molecule has 2 aromatic heterocycles. The highest BCUT2D eigenvalue weighted by atomic mass is 35.5. The van der Waals surface area contributed by atoms with E-state index in [0.29, 0.717) is 29.8 Å². The lowest BCUT2D eigenvalue weighted by atomic mass is 10.1. The fraction of sp³-hybridized carbons (Fsp3) is 0.304. The van der Waals surface area contributed by atoms with E-state index in [4.69, 9.17) is 26.1 Å². The Kier molecular flexibility index (Phi) is 5.69. The van der Waals surface area contributed by atoms with Crippen molar-refractivity contribution in [2.45, 2.75) is 33.6 Å². The summed E-state index contributed by atoms with van der Waals surface area (Å²) in [6.07, 6.45) is 0. The standard InChI is InChI=1S/C23H24ClN3O2/c1-15(2)12-27-20(14-28-3)26-21-22(27)18-11-17(9-10-19(18)25-23(21)24)29-13-16-7-5-4-6-8-16/h4-11,15H,12-14H2,1-3H3. The number of fused-ring (bicyclic) bond motifs is 3. The lowest BCUT2D eigenvalue weighted by molar-refractivity contribution is 0.174. The maximum Gasteiger partial charge on any atom is 0.157 e. The van der Waals surface area contributed by atoms with Gasteiger partial charge in [-0.2, -0.15) is 0 Å². The summed E-state index contributed by atoms with van der Waals surface area (Å²) in [6, 6.07) is 16.0. The van der Waals surface area contributed by atoms with Crippen LogP contribution in [0.4, 0.5) is 0 Å². The Morgan fingerprint density at radius 3 is 2.55 bits per heavy atom. The molecule has 2 heterocycles. The van der Waals surface area contributed by atoms with Gasteiger partial charge in [0.1, 0.15) is 30.3 Å². The number of rotatable bonds is 7. The summed E-state index contributed by atoms with van der Waals surface area (Å²) in [5.74, 6) is 2.09. The molecule has 0 aliphatic rings. The summed E-state index contributed by atoms with van der Waals surface area (Å²) in [7, 11) is 1.67. The van der Waals surface area contributed by atoms with E-state index in [1.54, 1.807) is 7.11 Å². The average Bonchev–Trinajstić information content (AvgIpc) is 3.06. The molecule has 0 aliphatic carbocycles. The van der Waals surface area contributed by atoms with E-state index in [1.807, 2.05) is 36.4 Å². The van der Waals surface area contributed by atoms with Crippen molar-refractivity contribution >= 4 is 33.5 Å². The predicted octanol–water partition coefficient (Wildman–Crippen LogP) is 5.62. The van der Waals surface area contributed by atoms with Gasteiger partial charge in [0.2, 0.25) is 0 Å². The van der Waals surface area contributed by atoms with Crippen LogP contribution in [0.2, 0.25) is 5.15 Å². The van der Waals surface area contributed by atoms with Crippen molar-refractivity contribution in [3.05, 3.63) is 65.1 Å². The number of nitrogens with zero attached hydrogens (tertiary/aromatic N) is 3. The summed E-state index contributed by atoms with van der Waals surface area (Å²) in [5.41, 5.74) is 3.63. The molecule has 0 spiro atoms. The van der Waals surface area contributed by atoms with Gasteiger partial charge in [0.05, 0.1) is 11.0 Å². The normalized spacial score (nSPS) is 11.6. The lowest BCUT2D eigenvalue weighted by Gasteiger charge is -2.13. The van der Waals surface area contributed by atoms with Crippen LogP contribution in [0.15, 0.2) is 48.5 Å². The molecule has 4 rings (SSSR count). The average molecular weight is 410 g/mol. The molecule has 150 valence electrons. The van der Waals surface area contributed by atoms with E-state index in [0.717, 1.165) is 40.1 Å². The van der Waals surface area contributed by atoms with E-state index >= 15 is 0 Å². The highest BCUT2D eigenvalue weighted by Gasteiger charge is 2.18. The van der Waals surface area contributed by atoms with Crippen LogP contribution in [0.1, 0.15) is 25.2 Å². The molecule has 0 amide bonds. The Bertz CT molecular complexity index is 1140. The van der Waals surface area contributed by atoms with Gasteiger partial charge in [-0.25, -0.2) is 9.97 Å². The van der Waals surface area contributed by atoms with Crippen molar-refractivity contribution in [1.82, 2.24) is 14.5 Å². The van der Waals surface area contributed by atoms with Crippen LogP contribution in [-0.2, 0) is 24.5 Å². The second-order valence-corrected chi connectivity index (χ2v) is 7.88. The first-order valence-electron chi connectivity index (χ1n) is 9.71. The van der Waals surface area contributed by atoms with Crippen molar-refractivity contribution in [3.8, 4) is 5.75 Å². The maximum atomic E-state index is 6.48. The molecule has 0 N–H and O–H groups in total. The molecule has 0 radical (unpaired) electrons. The van der Waals surface area contributed by atoms with Gasteiger partial charge in [-0.05, 0) is 29.7 Å². The zero-order chi connectivity index (χ0) is 20.4. The molecule has 0 fully saturated rings. The summed E-state index contributed by atoms with van der Waals surface area (Å²) in [4.78, 5) is 9.28. The van der Waals surface area contributed by atoms with Crippen LogP contribution in [-0.4, -0.2) is 21.6 Å². The molecule has 0 saturated heterocycles. The Hall–Kier alpha value is -2.63. The summed E-state index contributed by atoms with van der Waals surface area (Å²) >= 11 is 6.48. The lowest BCUT2D eigenvalue weighted by Crippen LogP contribution is -2.09. The molecule has 2 aromatic carbocycles. The van der Waals surface area contributed by atoms with Gasteiger partial charge < -0.3 is 14.0 Å². The van der Waals surface area contributed by atoms with E-state index in [-0.39, 0.29) is 0 Å². The number of aromatic nitrogens is 3. The second kappa shape index (κ2) is 8.39. The van der Waals surface area contributed by atoms with Gasteiger partial charge in [-0.15, -0.1) is 0 Å². The zero-order valence-corrected chi connectivity index (χ0v) is 17.6. The van der Waals surface area contributed by atoms with Crippen LogP contribution < -0.4 is 4.74 Å². The van der Waals surface area contributed by atoms with Crippen LogP contribution in [0.3, 0.4) is 0 Å². The molecular formula is C23H24ClN3O2.